The number of imidazole rings is 1. The summed E-state index contributed by atoms with van der Waals surface area (Å²) in [6.07, 6.45) is 5.81. The first-order valence-corrected chi connectivity index (χ1v) is 6.15. The molecule has 5 nitrogen and oxygen atoms in total. The zero-order chi connectivity index (χ0) is 12.3. The fourth-order valence-corrected chi connectivity index (χ4v) is 2.22. The molecule has 2 heterocycles. The summed E-state index contributed by atoms with van der Waals surface area (Å²) < 4.78 is 6.94. The van der Waals surface area contributed by atoms with Gasteiger partial charge in [0.15, 0.2) is 0 Å². The average molecular weight is 237 g/mol. The number of hydrogen-bond acceptors (Lipinski definition) is 4. The molecule has 0 spiro atoms. The fourth-order valence-electron chi connectivity index (χ4n) is 2.22. The summed E-state index contributed by atoms with van der Waals surface area (Å²) >= 11 is 0. The van der Waals surface area contributed by atoms with Gasteiger partial charge >= 0.3 is 5.97 Å². The highest BCUT2D eigenvalue weighted by atomic mass is 16.5. The molecular weight excluding hydrogens is 218 g/mol. The standard InChI is InChI=1S/C12H19N3O2/c1-3-17-12(16)9(2)15-8-13-7-11(15)10-5-4-6-14-10/h7-10,14H,3-6H2,1-2H3. The molecule has 0 amide bonds. The van der Waals surface area contributed by atoms with E-state index in [1.54, 1.807) is 6.33 Å². The van der Waals surface area contributed by atoms with E-state index in [0.717, 1.165) is 18.7 Å². The van der Waals surface area contributed by atoms with Crippen molar-refractivity contribution in [3.63, 3.8) is 0 Å². The molecule has 1 saturated heterocycles. The Hall–Kier alpha value is -1.36. The third-order valence-corrected chi connectivity index (χ3v) is 3.16. The van der Waals surface area contributed by atoms with Gasteiger partial charge < -0.3 is 14.6 Å². The zero-order valence-electron chi connectivity index (χ0n) is 10.3. The maximum atomic E-state index is 11.7. The second-order valence-electron chi connectivity index (χ2n) is 4.30. The van der Waals surface area contributed by atoms with Crippen molar-refractivity contribution in [3.05, 3.63) is 18.2 Å². The Labute approximate surface area is 101 Å². The smallest absolute Gasteiger partial charge is 0.328 e. The number of esters is 1. The third-order valence-electron chi connectivity index (χ3n) is 3.16. The number of nitrogens with zero attached hydrogens (tertiary/aromatic N) is 2. The van der Waals surface area contributed by atoms with Gasteiger partial charge in [-0.1, -0.05) is 0 Å². The first-order chi connectivity index (χ1) is 8.24. The highest BCUT2D eigenvalue weighted by Gasteiger charge is 2.24. The van der Waals surface area contributed by atoms with Crippen LogP contribution in [0.4, 0.5) is 0 Å². The normalized spacial score (nSPS) is 21.4. The van der Waals surface area contributed by atoms with E-state index in [9.17, 15) is 4.79 Å². The molecule has 1 aliphatic rings. The van der Waals surface area contributed by atoms with Crippen LogP contribution < -0.4 is 5.32 Å². The van der Waals surface area contributed by atoms with Crippen molar-refractivity contribution in [2.75, 3.05) is 13.2 Å². The lowest BCUT2D eigenvalue weighted by molar-refractivity contribution is -0.146. The molecule has 17 heavy (non-hydrogen) atoms. The number of rotatable bonds is 4. The lowest BCUT2D eigenvalue weighted by Crippen LogP contribution is -2.23. The molecule has 94 valence electrons. The van der Waals surface area contributed by atoms with E-state index in [4.69, 9.17) is 4.74 Å². The fraction of sp³-hybridized carbons (Fsp3) is 0.667. The maximum absolute atomic E-state index is 11.7. The second kappa shape index (κ2) is 5.31. The summed E-state index contributed by atoms with van der Waals surface area (Å²) in [4.78, 5) is 15.9. The van der Waals surface area contributed by atoms with Gasteiger partial charge in [-0.25, -0.2) is 9.78 Å². The molecule has 1 N–H and O–H groups in total. The van der Waals surface area contributed by atoms with Crippen LogP contribution in [0.3, 0.4) is 0 Å². The molecule has 0 radical (unpaired) electrons. The molecule has 0 aromatic carbocycles. The minimum Gasteiger partial charge on any atom is -0.464 e. The molecule has 2 atom stereocenters. The topological polar surface area (TPSA) is 56.2 Å². The minimum atomic E-state index is -0.310. The van der Waals surface area contributed by atoms with Crippen LogP contribution in [0.5, 0.6) is 0 Å². The van der Waals surface area contributed by atoms with Gasteiger partial charge in [0, 0.05) is 12.2 Å². The van der Waals surface area contributed by atoms with Gasteiger partial charge in [-0.15, -0.1) is 0 Å². The Bertz CT molecular complexity index is 383. The van der Waals surface area contributed by atoms with E-state index in [-0.39, 0.29) is 12.0 Å². The summed E-state index contributed by atoms with van der Waals surface area (Å²) in [5.74, 6) is -0.204. The van der Waals surface area contributed by atoms with Crippen LogP contribution in [0.25, 0.3) is 0 Å². The van der Waals surface area contributed by atoms with Crippen molar-refractivity contribution in [1.29, 1.82) is 0 Å². The predicted molar refractivity (Wildman–Crippen MR) is 63.5 cm³/mol. The summed E-state index contributed by atoms with van der Waals surface area (Å²) in [7, 11) is 0. The predicted octanol–water partition coefficient (Wildman–Crippen LogP) is 1.43. The number of ether oxygens (including phenoxy) is 1. The van der Waals surface area contributed by atoms with Crippen molar-refractivity contribution < 1.29 is 9.53 Å². The molecule has 0 bridgehead atoms. The zero-order valence-corrected chi connectivity index (χ0v) is 10.3. The number of carbonyl (C=O) groups excluding carboxylic acids is 1. The van der Waals surface area contributed by atoms with Gasteiger partial charge in [-0.05, 0) is 33.2 Å². The van der Waals surface area contributed by atoms with Crippen LogP contribution in [0.1, 0.15) is 44.5 Å². The molecule has 1 fully saturated rings. The quantitative estimate of drug-likeness (QED) is 0.805. The van der Waals surface area contributed by atoms with Crippen molar-refractivity contribution in [3.8, 4) is 0 Å². The van der Waals surface area contributed by atoms with Crippen LogP contribution in [-0.2, 0) is 9.53 Å². The molecule has 1 aromatic heterocycles. The van der Waals surface area contributed by atoms with Crippen molar-refractivity contribution in [2.45, 2.75) is 38.8 Å². The molecular formula is C12H19N3O2. The van der Waals surface area contributed by atoms with Crippen LogP contribution in [0.15, 0.2) is 12.5 Å². The first kappa shape index (κ1) is 12.1. The van der Waals surface area contributed by atoms with Gasteiger partial charge in [0.2, 0.25) is 0 Å². The van der Waals surface area contributed by atoms with Crippen molar-refractivity contribution in [2.24, 2.45) is 0 Å². The highest BCUT2D eigenvalue weighted by Crippen LogP contribution is 2.25. The minimum absolute atomic E-state index is 0.204. The molecule has 2 rings (SSSR count). The summed E-state index contributed by atoms with van der Waals surface area (Å²) in [5.41, 5.74) is 1.07. The lowest BCUT2D eigenvalue weighted by Gasteiger charge is -2.18. The van der Waals surface area contributed by atoms with Crippen molar-refractivity contribution in [1.82, 2.24) is 14.9 Å². The molecule has 5 heteroatoms. The monoisotopic (exact) mass is 237 g/mol. The number of nitrogens with one attached hydrogen (secondary N) is 1. The van der Waals surface area contributed by atoms with Gasteiger partial charge in [0.1, 0.15) is 6.04 Å². The van der Waals surface area contributed by atoms with E-state index >= 15 is 0 Å². The highest BCUT2D eigenvalue weighted by molar-refractivity contribution is 5.73. The van der Waals surface area contributed by atoms with Gasteiger partial charge in [0.05, 0.1) is 18.6 Å². The van der Waals surface area contributed by atoms with Gasteiger partial charge in [-0.3, -0.25) is 0 Å². The summed E-state index contributed by atoms with van der Waals surface area (Å²) in [6, 6.07) is 0.00391. The molecule has 0 saturated carbocycles. The van der Waals surface area contributed by atoms with Crippen LogP contribution in [-0.4, -0.2) is 28.7 Å². The van der Waals surface area contributed by atoms with Crippen LogP contribution in [0, 0.1) is 0 Å². The van der Waals surface area contributed by atoms with E-state index in [2.05, 4.69) is 10.3 Å². The molecule has 2 unspecified atom stereocenters. The molecule has 1 aromatic rings. The van der Waals surface area contributed by atoms with E-state index in [1.165, 1.54) is 6.42 Å². The molecule has 0 aliphatic carbocycles. The first-order valence-electron chi connectivity index (χ1n) is 6.15. The van der Waals surface area contributed by atoms with E-state index < -0.39 is 0 Å². The second-order valence-corrected chi connectivity index (χ2v) is 4.30. The summed E-state index contributed by atoms with van der Waals surface area (Å²) in [5, 5.41) is 3.41. The largest absolute Gasteiger partial charge is 0.464 e. The Morgan fingerprint density at radius 3 is 3.24 bits per heavy atom. The third kappa shape index (κ3) is 2.49. The Morgan fingerprint density at radius 1 is 1.76 bits per heavy atom. The van der Waals surface area contributed by atoms with E-state index in [0.29, 0.717) is 12.6 Å². The summed E-state index contributed by atoms with van der Waals surface area (Å²) in [6.45, 7) is 5.11. The maximum Gasteiger partial charge on any atom is 0.328 e. The Morgan fingerprint density at radius 2 is 2.59 bits per heavy atom. The van der Waals surface area contributed by atoms with Gasteiger partial charge in [0.25, 0.3) is 0 Å². The van der Waals surface area contributed by atoms with Gasteiger partial charge in [-0.2, -0.15) is 0 Å². The average Bonchev–Trinajstić information content (AvgIpc) is 2.98. The SMILES string of the molecule is CCOC(=O)C(C)n1cncc1C1CCCN1. The van der Waals surface area contributed by atoms with Crippen LogP contribution >= 0.6 is 0 Å². The Balaban J connectivity index is 2.15. The number of carbonyl (C=O) groups is 1. The molecule has 1 aliphatic heterocycles. The van der Waals surface area contributed by atoms with Crippen molar-refractivity contribution >= 4 is 5.97 Å². The number of hydrogen-bond donors (Lipinski definition) is 1. The lowest BCUT2D eigenvalue weighted by atomic mass is 10.1. The van der Waals surface area contributed by atoms with E-state index in [1.807, 2.05) is 24.6 Å². The van der Waals surface area contributed by atoms with Crippen LogP contribution in [0.2, 0.25) is 0 Å². The Kier molecular flexibility index (Phi) is 3.78. The number of aromatic nitrogens is 2.